The molecule has 1 fully saturated rings. The van der Waals surface area contributed by atoms with Crippen LogP contribution in [-0.4, -0.2) is 85.4 Å². The van der Waals surface area contributed by atoms with Crippen molar-refractivity contribution in [1.82, 2.24) is 20.4 Å². The highest BCUT2D eigenvalue weighted by Crippen LogP contribution is 2.19. The average molecular weight is 512 g/mol. The lowest BCUT2D eigenvalue weighted by atomic mass is 9.93. The third kappa shape index (κ3) is 11.2. The number of nitrogens with zero attached hydrogens (tertiary/aromatic N) is 3. The van der Waals surface area contributed by atoms with Gasteiger partial charge in [0, 0.05) is 45.8 Å². The number of likely N-dealkylation sites (N-methyl/N-ethyl adjacent to an activating group) is 1. The first-order valence-corrected chi connectivity index (χ1v) is 11.2. The molecule has 1 aliphatic rings. The third-order valence-corrected chi connectivity index (χ3v) is 5.41. The van der Waals surface area contributed by atoms with Gasteiger partial charge < -0.3 is 25.5 Å². The maximum Gasteiger partial charge on any atom is 0.191 e. The van der Waals surface area contributed by atoms with Crippen molar-refractivity contribution in [2.75, 3.05) is 58.9 Å². The number of guanidine groups is 1. The van der Waals surface area contributed by atoms with Gasteiger partial charge in [0.15, 0.2) is 5.96 Å². The van der Waals surface area contributed by atoms with E-state index in [0.29, 0.717) is 12.5 Å². The third-order valence-electron chi connectivity index (χ3n) is 5.41. The molecule has 0 spiro atoms. The van der Waals surface area contributed by atoms with E-state index < -0.39 is 5.60 Å². The highest BCUT2D eigenvalue weighted by atomic mass is 127. The van der Waals surface area contributed by atoms with Crippen LogP contribution < -0.4 is 10.6 Å². The van der Waals surface area contributed by atoms with Gasteiger partial charge in [-0.25, -0.2) is 0 Å². The SMILES string of the molecule is CCCC(O)(CCC)CN=C(NCC)NCC(C)CN1CCN(CC)CC1.I. The Morgan fingerprint density at radius 2 is 1.57 bits per heavy atom. The van der Waals surface area contributed by atoms with Crippen molar-refractivity contribution in [2.24, 2.45) is 10.9 Å². The van der Waals surface area contributed by atoms with Crippen LogP contribution in [0.15, 0.2) is 4.99 Å². The number of rotatable bonds is 12. The van der Waals surface area contributed by atoms with Crippen molar-refractivity contribution in [2.45, 2.75) is 65.9 Å². The number of halogens is 1. The van der Waals surface area contributed by atoms with Gasteiger partial charge in [0.25, 0.3) is 0 Å². The van der Waals surface area contributed by atoms with E-state index in [1.54, 1.807) is 0 Å². The van der Waals surface area contributed by atoms with E-state index in [-0.39, 0.29) is 24.0 Å². The highest BCUT2D eigenvalue weighted by Gasteiger charge is 2.24. The summed E-state index contributed by atoms with van der Waals surface area (Å²) in [5.74, 6) is 1.39. The fourth-order valence-corrected chi connectivity index (χ4v) is 3.85. The quantitative estimate of drug-likeness (QED) is 0.214. The number of piperazine rings is 1. The van der Waals surface area contributed by atoms with Crippen LogP contribution in [0.4, 0.5) is 0 Å². The van der Waals surface area contributed by atoms with Gasteiger partial charge in [-0.3, -0.25) is 4.99 Å². The molecule has 28 heavy (non-hydrogen) atoms. The lowest BCUT2D eigenvalue weighted by molar-refractivity contribution is 0.0306. The first kappa shape index (κ1) is 27.9. The van der Waals surface area contributed by atoms with E-state index in [0.717, 1.165) is 57.8 Å². The van der Waals surface area contributed by atoms with Crippen molar-refractivity contribution in [3.05, 3.63) is 0 Å². The second kappa shape index (κ2) is 15.7. The lowest BCUT2D eigenvalue weighted by Gasteiger charge is -2.35. The van der Waals surface area contributed by atoms with Crippen molar-refractivity contribution in [1.29, 1.82) is 0 Å². The summed E-state index contributed by atoms with van der Waals surface area (Å²) in [7, 11) is 0. The normalized spacial score (nSPS) is 17.9. The molecule has 1 atom stereocenters. The lowest BCUT2D eigenvalue weighted by Crippen LogP contribution is -2.48. The summed E-state index contributed by atoms with van der Waals surface area (Å²) in [5, 5.41) is 17.6. The second-order valence-corrected chi connectivity index (χ2v) is 8.14. The zero-order valence-electron chi connectivity index (χ0n) is 19.0. The monoisotopic (exact) mass is 511 g/mol. The second-order valence-electron chi connectivity index (χ2n) is 8.14. The average Bonchev–Trinajstić information content (AvgIpc) is 2.65. The van der Waals surface area contributed by atoms with Gasteiger partial charge in [-0.05, 0) is 32.2 Å². The number of aliphatic hydroxyl groups is 1. The van der Waals surface area contributed by atoms with Gasteiger partial charge in [-0.2, -0.15) is 0 Å². The Balaban J connectivity index is 0.00000729. The highest BCUT2D eigenvalue weighted by molar-refractivity contribution is 14.0. The van der Waals surface area contributed by atoms with Crippen LogP contribution in [0.25, 0.3) is 0 Å². The molecule has 0 amide bonds. The Bertz CT molecular complexity index is 408. The number of hydrogen-bond acceptors (Lipinski definition) is 4. The van der Waals surface area contributed by atoms with Crippen LogP contribution >= 0.6 is 24.0 Å². The fourth-order valence-electron chi connectivity index (χ4n) is 3.85. The van der Waals surface area contributed by atoms with Gasteiger partial charge >= 0.3 is 0 Å². The molecule has 0 aliphatic carbocycles. The standard InChI is InChI=1S/C21H45N5O.HI/c1-6-10-21(27,11-7-2)18-24-20(22-8-3)23-16-19(5)17-26-14-12-25(9-4)13-15-26;/h19,27H,6-18H2,1-5H3,(H2,22,23,24);1H. The summed E-state index contributed by atoms with van der Waals surface area (Å²) in [4.78, 5) is 9.78. The molecule has 6 nitrogen and oxygen atoms in total. The summed E-state index contributed by atoms with van der Waals surface area (Å²) in [6.45, 7) is 20.1. The molecular weight excluding hydrogens is 465 g/mol. The molecule has 1 saturated heterocycles. The minimum absolute atomic E-state index is 0. The predicted octanol–water partition coefficient (Wildman–Crippen LogP) is 2.76. The smallest absolute Gasteiger partial charge is 0.191 e. The largest absolute Gasteiger partial charge is 0.388 e. The number of hydrogen-bond donors (Lipinski definition) is 3. The first-order chi connectivity index (χ1) is 13.0. The topological polar surface area (TPSA) is 63.1 Å². The minimum atomic E-state index is -0.670. The van der Waals surface area contributed by atoms with Gasteiger partial charge in [0.1, 0.15) is 0 Å². The maximum absolute atomic E-state index is 10.8. The summed E-state index contributed by atoms with van der Waals surface area (Å²) in [5.41, 5.74) is -0.670. The number of nitrogens with one attached hydrogen (secondary N) is 2. The molecule has 168 valence electrons. The van der Waals surface area contributed by atoms with Gasteiger partial charge in [0.05, 0.1) is 12.1 Å². The Hall–Kier alpha value is -0.120. The summed E-state index contributed by atoms with van der Waals surface area (Å²) in [6.07, 6.45) is 3.59. The van der Waals surface area contributed by atoms with E-state index in [1.807, 2.05) is 0 Å². The summed E-state index contributed by atoms with van der Waals surface area (Å²) < 4.78 is 0. The molecule has 0 aromatic heterocycles. The van der Waals surface area contributed by atoms with E-state index >= 15 is 0 Å². The predicted molar refractivity (Wildman–Crippen MR) is 132 cm³/mol. The molecule has 0 aromatic rings. The summed E-state index contributed by atoms with van der Waals surface area (Å²) in [6, 6.07) is 0. The first-order valence-electron chi connectivity index (χ1n) is 11.2. The Kier molecular flexibility index (Phi) is 15.6. The van der Waals surface area contributed by atoms with Crippen LogP contribution in [0.3, 0.4) is 0 Å². The van der Waals surface area contributed by atoms with Gasteiger partial charge in [-0.1, -0.05) is 40.5 Å². The molecule has 1 rings (SSSR count). The van der Waals surface area contributed by atoms with Gasteiger partial charge in [0.2, 0.25) is 0 Å². The molecule has 0 radical (unpaired) electrons. The zero-order valence-corrected chi connectivity index (χ0v) is 21.3. The molecule has 0 aromatic carbocycles. The van der Waals surface area contributed by atoms with Crippen LogP contribution in [0.2, 0.25) is 0 Å². The molecule has 7 heteroatoms. The van der Waals surface area contributed by atoms with Crippen LogP contribution in [0.5, 0.6) is 0 Å². The van der Waals surface area contributed by atoms with Gasteiger partial charge in [-0.15, -0.1) is 24.0 Å². The molecule has 3 N–H and O–H groups in total. The molecule has 0 saturated carbocycles. The Morgan fingerprint density at radius 3 is 2.07 bits per heavy atom. The molecule has 0 bridgehead atoms. The van der Waals surface area contributed by atoms with Crippen molar-refractivity contribution >= 4 is 29.9 Å². The maximum atomic E-state index is 10.8. The Labute approximate surface area is 190 Å². The minimum Gasteiger partial charge on any atom is -0.388 e. The molecule has 1 heterocycles. The van der Waals surface area contributed by atoms with Crippen molar-refractivity contribution in [3.8, 4) is 0 Å². The van der Waals surface area contributed by atoms with E-state index in [9.17, 15) is 5.11 Å². The van der Waals surface area contributed by atoms with E-state index in [2.05, 4.69) is 60.0 Å². The van der Waals surface area contributed by atoms with Crippen molar-refractivity contribution < 1.29 is 5.11 Å². The van der Waals surface area contributed by atoms with E-state index in [4.69, 9.17) is 0 Å². The van der Waals surface area contributed by atoms with Crippen LogP contribution in [0, 0.1) is 5.92 Å². The molecule has 1 unspecified atom stereocenters. The summed E-state index contributed by atoms with van der Waals surface area (Å²) >= 11 is 0. The van der Waals surface area contributed by atoms with Crippen LogP contribution in [0.1, 0.15) is 60.3 Å². The van der Waals surface area contributed by atoms with Crippen LogP contribution in [-0.2, 0) is 0 Å². The fraction of sp³-hybridized carbons (Fsp3) is 0.952. The molecular formula is C21H46IN5O. The molecule has 1 aliphatic heterocycles. The van der Waals surface area contributed by atoms with Crippen molar-refractivity contribution in [3.63, 3.8) is 0 Å². The van der Waals surface area contributed by atoms with E-state index in [1.165, 1.54) is 26.2 Å². The number of aliphatic imine (C=N–C) groups is 1. The Morgan fingerprint density at radius 1 is 1.00 bits per heavy atom. The zero-order chi connectivity index (χ0) is 20.1.